The summed E-state index contributed by atoms with van der Waals surface area (Å²) in [5.74, 6) is 0. The second-order valence-corrected chi connectivity index (χ2v) is 13.0. The van der Waals surface area contributed by atoms with Crippen LogP contribution in [-0.4, -0.2) is 107 Å². The molecule has 10 heteroatoms. The molecule has 1 N–H and O–H groups in total. The lowest BCUT2D eigenvalue weighted by atomic mass is 9.90. The van der Waals surface area contributed by atoms with Crippen molar-refractivity contribution in [3.05, 3.63) is 0 Å². The fourth-order valence-electron chi connectivity index (χ4n) is 5.41. The van der Waals surface area contributed by atoms with E-state index >= 15 is 0 Å². The van der Waals surface area contributed by atoms with Crippen LogP contribution in [0.25, 0.3) is 0 Å². The third kappa shape index (κ3) is 10.5. The summed E-state index contributed by atoms with van der Waals surface area (Å²) in [6.45, 7) is 15.7. The van der Waals surface area contributed by atoms with Gasteiger partial charge in [-0.15, -0.1) is 0 Å². The number of hydrogen-bond acceptors (Lipinski definition) is 8. The van der Waals surface area contributed by atoms with E-state index in [1.807, 2.05) is 13.8 Å². The van der Waals surface area contributed by atoms with E-state index in [-0.39, 0.29) is 30.8 Å². The van der Waals surface area contributed by atoms with Crippen LogP contribution in [0.2, 0.25) is 0 Å². The lowest BCUT2D eigenvalue weighted by molar-refractivity contribution is -0.00901. The first-order valence-corrected chi connectivity index (χ1v) is 15.3. The zero-order chi connectivity index (χ0) is 27.6. The highest BCUT2D eigenvalue weighted by atomic mass is 32.2. The molecule has 2 fully saturated rings. The summed E-state index contributed by atoms with van der Waals surface area (Å²) in [5, 5.41) is 4.10. The lowest BCUT2D eigenvalue weighted by Crippen LogP contribution is -2.46. The first-order chi connectivity index (χ1) is 16.7. The van der Waals surface area contributed by atoms with Gasteiger partial charge >= 0.3 is 0 Å². The van der Waals surface area contributed by atoms with Gasteiger partial charge in [0.05, 0.1) is 37.4 Å². The molecule has 0 radical (unpaired) electrons. The largest absolute Gasteiger partial charge is 0.399 e. The number of rotatable bonds is 13. The number of nitrogens with one attached hydrogen (secondary N) is 1. The number of oxime groups is 1. The third-order valence-corrected chi connectivity index (χ3v) is 7.86. The van der Waals surface area contributed by atoms with Gasteiger partial charge in [0, 0.05) is 38.1 Å². The Kier molecular flexibility index (Phi) is 13.8. The predicted molar refractivity (Wildman–Crippen MR) is 150 cm³/mol. The van der Waals surface area contributed by atoms with Gasteiger partial charge < -0.3 is 14.3 Å². The van der Waals surface area contributed by atoms with Crippen LogP contribution in [-0.2, 0) is 24.3 Å². The Bertz CT molecular complexity index is 783. The minimum absolute atomic E-state index is 0. The molecule has 0 aromatic heterocycles. The normalized spacial score (nSPS) is 28.8. The molecule has 0 bridgehead atoms. The van der Waals surface area contributed by atoms with Crippen molar-refractivity contribution in [1.82, 2.24) is 14.5 Å². The number of sulfonamides is 1. The van der Waals surface area contributed by atoms with Gasteiger partial charge in [0.25, 0.3) is 0 Å². The van der Waals surface area contributed by atoms with Crippen molar-refractivity contribution in [1.29, 1.82) is 0 Å². The van der Waals surface area contributed by atoms with E-state index in [1.54, 1.807) is 7.11 Å². The van der Waals surface area contributed by atoms with Crippen molar-refractivity contribution >= 4 is 15.7 Å². The first kappa shape index (κ1) is 33.2. The molecule has 2 aliphatic rings. The maximum Gasteiger partial charge on any atom is 0.208 e. The summed E-state index contributed by atoms with van der Waals surface area (Å²) in [5.41, 5.74) is 1.19. The second-order valence-electron chi connectivity index (χ2n) is 11.2. The van der Waals surface area contributed by atoms with Gasteiger partial charge in [0.2, 0.25) is 10.0 Å². The SMILES string of the molecule is CCCC1(COC(C)C)C/C(=N/OC)CN1C.CCCC1(COC(C)C)CC(NS(C)(=O)=O)CN1C.[HH]. The maximum atomic E-state index is 11.4. The Morgan fingerprint density at radius 3 is 2.03 bits per heavy atom. The molecule has 2 heterocycles. The number of hydrogen-bond donors (Lipinski definition) is 1. The van der Waals surface area contributed by atoms with Crippen LogP contribution < -0.4 is 4.72 Å². The van der Waals surface area contributed by atoms with Crippen LogP contribution in [0.4, 0.5) is 0 Å². The van der Waals surface area contributed by atoms with Crippen LogP contribution >= 0.6 is 0 Å². The van der Waals surface area contributed by atoms with Crippen molar-refractivity contribution in [3.8, 4) is 0 Å². The quantitative estimate of drug-likeness (QED) is 0.359. The monoisotopic (exact) mass is 536 g/mol. The molecule has 3 unspecified atom stereocenters. The van der Waals surface area contributed by atoms with Crippen molar-refractivity contribution in [2.75, 3.05) is 53.8 Å². The molecule has 0 spiro atoms. The minimum atomic E-state index is -3.14. The van der Waals surface area contributed by atoms with Crippen molar-refractivity contribution < 1.29 is 24.2 Å². The molecule has 2 aliphatic heterocycles. The van der Waals surface area contributed by atoms with Gasteiger partial charge in [0.15, 0.2) is 0 Å². The van der Waals surface area contributed by atoms with Gasteiger partial charge in [-0.3, -0.25) is 9.80 Å². The molecule has 216 valence electrons. The molecular weight excluding hydrogens is 480 g/mol. The van der Waals surface area contributed by atoms with Gasteiger partial charge in [-0.25, -0.2) is 13.1 Å². The molecular formula is C26H56N4O5S. The summed E-state index contributed by atoms with van der Waals surface area (Å²) in [7, 11) is 2.67. The summed E-state index contributed by atoms with van der Waals surface area (Å²) >= 11 is 0. The van der Waals surface area contributed by atoms with Gasteiger partial charge in [-0.1, -0.05) is 31.8 Å². The standard InChI is InChI=1S/C13H28N2O3S.C13H26N2O2.H2/c1-6-7-13(10-18-11(2)3)8-12(9-15(13)4)14-19(5,16)17;1-6-7-13(10-17-11(2)3)8-12(14-16-5)9-15(13)4;/h11-12,14H,6-10H2,1-5H3;11H,6-10H2,1-5H3;1H/b;14-12-;. The highest BCUT2D eigenvalue weighted by molar-refractivity contribution is 7.88. The molecule has 0 aliphatic carbocycles. The van der Waals surface area contributed by atoms with Gasteiger partial charge in [-0.2, -0.15) is 0 Å². The Labute approximate surface area is 222 Å². The topological polar surface area (TPSA) is 92.7 Å². The van der Waals surface area contributed by atoms with E-state index in [9.17, 15) is 8.42 Å². The fraction of sp³-hybridized carbons (Fsp3) is 0.962. The predicted octanol–water partition coefficient (Wildman–Crippen LogP) is 3.74. The maximum absolute atomic E-state index is 11.4. The van der Waals surface area contributed by atoms with Crippen molar-refractivity contribution in [2.45, 2.75) is 109 Å². The summed E-state index contributed by atoms with van der Waals surface area (Å²) in [6.07, 6.45) is 7.86. The molecule has 36 heavy (non-hydrogen) atoms. The Morgan fingerprint density at radius 2 is 1.56 bits per heavy atom. The Morgan fingerprint density at radius 1 is 1.03 bits per heavy atom. The molecule has 3 atom stereocenters. The molecule has 9 nitrogen and oxygen atoms in total. The van der Waals surface area contributed by atoms with E-state index < -0.39 is 10.0 Å². The van der Waals surface area contributed by atoms with Crippen LogP contribution in [0, 0.1) is 0 Å². The van der Waals surface area contributed by atoms with Gasteiger partial charge in [0.1, 0.15) is 7.11 Å². The first-order valence-electron chi connectivity index (χ1n) is 13.4. The summed E-state index contributed by atoms with van der Waals surface area (Å²) < 4.78 is 37.1. The number of ether oxygens (including phenoxy) is 2. The van der Waals surface area contributed by atoms with Crippen LogP contribution in [0.3, 0.4) is 0 Å². The fourth-order valence-corrected chi connectivity index (χ4v) is 6.17. The zero-order valence-corrected chi connectivity index (χ0v) is 25.4. The molecule has 0 amide bonds. The highest BCUT2D eigenvalue weighted by Crippen LogP contribution is 2.34. The molecule has 0 saturated carbocycles. The van der Waals surface area contributed by atoms with Crippen LogP contribution in [0.15, 0.2) is 5.16 Å². The third-order valence-electron chi connectivity index (χ3n) is 7.10. The van der Waals surface area contributed by atoms with Crippen molar-refractivity contribution in [3.63, 3.8) is 0 Å². The zero-order valence-electron chi connectivity index (χ0n) is 24.6. The summed E-state index contributed by atoms with van der Waals surface area (Å²) in [6, 6.07) is -0.0117. The number of nitrogens with zero attached hydrogens (tertiary/aromatic N) is 3. The average molecular weight is 537 g/mol. The molecule has 2 rings (SSSR count). The Hall–Kier alpha value is -0.780. The van der Waals surface area contributed by atoms with Gasteiger partial charge in [-0.05, 0) is 61.1 Å². The minimum Gasteiger partial charge on any atom is -0.399 e. The van der Waals surface area contributed by atoms with E-state index in [0.29, 0.717) is 6.61 Å². The van der Waals surface area contributed by atoms with Crippen LogP contribution in [0.5, 0.6) is 0 Å². The van der Waals surface area contributed by atoms with Crippen LogP contribution in [0.1, 0.15) is 81.5 Å². The van der Waals surface area contributed by atoms with Crippen molar-refractivity contribution in [2.24, 2.45) is 5.16 Å². The van der Waals surface area contributed by atoms with E-state index in [2.05, 4.69) is 61.5 Å². The molecule has 0 aromatic rings. The Balaban J connectivity index is 0.000000686. The van der Waals surface area contributed by atoms with E-state index in [1.165, 1.54) is 6.26 Å². The number of likely N-dealkylation sites (tertiary alicyclic amines) is 2. The van der Waals surface area contributed by atoms with E-state index in [4.69, 9.17) is 14.3 Å². The number of likely N-dealkylation sites (N-methyl/N-ethyl adjacent to an activating group) is 2. The highest BCUT2D eigenvalue weighted by Gasteiger charge is 2.44. The molecule has 0 aromatic carbocycles. The average Bonchev–Trinajstić information content (AvgIpc) is 3.21. The molecule has 2 saturated heterocycles. The smallest absolute Gasteiger partial charge is 0.208 e. The lowest BCUT2D eigenvalue weighted by Gasteiger charge is -2.36. The second kappa shape index (κ2) is 15.0. The summed E-state index contributed by atoms with van der Waals surface area (Å²) in [4.78, 5) is 9.50. The van der Waals surface area contributed by atoms with E-state index in [0.717, 1.165) is 63.9 Å².